The molecule has 3 aromatic rings. The van der Waals surface area contributed by atoms with Crippen LogP contribution in [0.4, 0.5) is 10.8 Å². The lowest BCUT2D eigenvalue weighted by Gasteiger charge is -2.21. The van der Waals surface area contributed by atoms with E-state index in [0.29, 0.717) is 28.1 Å². The number of fused-ring (bicyclic) bond motifs is 1. The van der Waals surface area contributed by atoms with Crippen LogP contribution in [-0.2, 0) is 9.59 Å². The molecule has 1 aromatic heterocycles. The van der Waals surface area contributed by atoms with Gasteiger partial charge in [-0.2, -0.15) is 0 Å². The van der Waals surface area contributed by atoms with Crippen LogP contribution < -0.4 is 24.0 Å². The molecule has 0 spiro atoms. The first kappa shape index (κ1) is 20.9. The number of thiazole rings is 1. The van der Waals surface area contributed by atoms with E-state index in [1.165, 1.54) is 32.7 Å². The summed E-state index contributed by atoms with van der Waals surface area (Å²) in [6, 6.07) is 11.2. The Morgan fingerprint density at radius 2 is 1.81 bits per heavy atom. The van der Waals surface area contributed by atoms with Gasteiger partial charge < -0.3 is 19.1 Å². The first-order valence-corrected chi connectivity index (χ1v) is 10.5. The Labute approximate surface area is 183 Å². The summed E-state index contributed by atoms with van der Waals surface area (Å²) in [5.41, 5.74) is 1.45. The van der Waals surface area contributed by atoms with Gasteiger partial charge in [0.25, 0.3) is 0 Å². The van der Waals surface area contributed by atoms with E-state index in [1.807, 2.05) is 24.3 Å². The molecule has 1 fully saturated rings. The second-order valence-electron chi connectivity index (χ2n) is 7.15. The average molecular weight is 442 g/mol. The number of amides is 2. The number of rotatable bonds is 6. The molecule has 0 N–H and O–H groups in total. The van der Waals surface area contributed by atoms with Gasteiger partial charge in [0.15, 0.2) is 16.6 Å². The summed E-state index contributed by atoms with van der Waals surface area (Å²) in [7, 11) is 6.26. The maximum atomic E-state index is 13.1. The molecule has 1 saturated heterocycles. The molecule has 1 aliphatic rings. The van der Waals surface area contributed by atoms with Crippen molar-refractivity contribution in [2.24, 2.45) is 5.92 Å². The minimum Gasteiger partial charge on any atom is -0.493 e. The van der Waals surface area contributed by atoms with E-state index < -0.39 is 5.92 Å². The van der Waals surface area contributed by atoms with Crippen LogP contribution in [0.5, 0.6) is 17.2 Å². The second kappa shape index (κ2) is 8.43. The Bertz CT molecular complexity index is 1090. The number of methoxy groups -OCH3 is 3. The standard InChI is InChI=1S/C22H23N3O5S/c1-24(22-23-15-7-5-6-8-18(15)31-22)21(27)13-9-19(26)25(12-13)14-10-16(28-2)20(30-4)17(11-14)29-3/h5-8,10-11,13H,9,12H2,1-4H3. The molecule has 2 amide bonds. The van der Waals surface area contributed by atoms with Gasteiger partial charge in [0.1, 0.15) is 0 Å². The summed E-state index contributed by atoms with van der Waals surface area (Å²) in [4.78, 5) is 33.6. The number of anilines is 2. The largest absolute Gasteiger partial charge is 0.493 e. The monoisotopic (exact) mass is 441 g/mol. The van der Waals surface area contributed by atoms with E-state index >= 15 is 0 Å². The fourth-order valence-corrected chi connectivity index (χ4v) is 4.65. The van der Waals surface area contributed by atoms with Gasteiger partial charge >= 0.3 is 0 Å². The molecular formula is C22H23N3O5S. The number of benzene rings is 2. The third-order valence-electron chi connectivity index (χ3n) is 5.34. The van der Waals surface area contributed by atoms with Crippen molar-refractivity contribution in [3.8, 4) is 17.2 Å². The molecule has 0 radical (unpaired) electrons. The predicted octanol–water partition coefficient (Wildman–Crippen LogP) is 3.34. The van der Waals surface area contributed by atoms with Crippen molar-refractivity contribution in [1.29, 1.82) is 0 Å². The first-order chi connectivity index (χ1) is 15.0. The van der Waals surface area contributed by atoms with Crippen LogP contribution in [0.1, 0.15) is 6.42 Å². The zero-order chi connectivity index (χ0) is 22.1. The minimum atomic E-state index is -0.469. The van der Waals surface area contributed by atoms with E-state index in [4.69, 9.17) is 14.2 Å². The quantitative estimate of drug-likeness (QED) is 0.584. The topological polar surface area (TPSA) is 81.2 Å². The number of hydrogen-bond donors (Lipinski definition) is 0. The molecule has 1 aliphatic heterocycles. The van der Waals surface area contributed by atoms with E-state index in [9.17, 15) is 9.59 Å². The van der Waals surface area contributed by atoms with Gasteiger partial charge in [-0.3, -0.25) is 14.5 Å². The van der Waals surface area contributed by atoms with Crippen molar-refractivity contribution in [3.63, 3.8) is 0 Å². The molecule has 4 rings (SSSR count). The Balaban J connectivity index is 1.57. The molecule has 31 heavy (non-hydrogen) atoms. The lowest BCUT2D eigenvalue weighted by molar-refractivity contribution is -0.124. The molecule has 162 valence electrons. The highest BCUT2D eigenvalue weighted by atomic mass is 32.1. The summed E-state index contributed by atoms with van der Waals surface area (Å²) in [5.74, 6) is 0.608. The Morgan fingerprint density at radius 1 is 1.13 bits per heavy atom. The summed E-state index contributed by atoms with van der Waals surface area (Å²) in [6.45, 7) is 0.269. The average Bonchev–Trinajstić information content (AvgIpc) is 3.40. The highest BCUT2D eigenvalue weighted by molar-refractivity contribution is 7.22. The van der Waals surface area contributed by atoms with E-state index in [1.54, 1.807) is 29.0 Å². The summed E-state index contributed by atoms with van der Waals surface area (Å²) in [5, 5.41) is 0.616. The normalized spacial score (nSPS) is 15.9. The fraction of sp³-hybridized carbons (Fsp3) is 0.318. The van der Waals surface area contributed by atoms with Crippen molar-refractivity contribution >= 4 is 44.2 Å². The van der Waals surface area contributed by atoms with Gasteiger partial charge in [-0.05, 0) is 12.1 Å². The van der Waals surface area contributed by atoms with Crippen LogP contribution >= 0.6 is 11.3 Å². The van der Waals surface area contributed by atoms with Crippen molar-refractivity contribution in [2.75, 3.05) is 44.7 Å². The first-order valence-electron chi connectivity index (χ1n) is 9.70. The number of carbonyl (C=O) groups excluding carboxylic acids is 2. The number of hydrogen-bond acceptors (Lipinski definition) is 7. The van der Waals surface area contributed by atoms with Gasteiger partial charge in [-0.15, -0.1) is 0 Å². The molecule has 1 atom stereocenters. The van der Waals surface area contributed by atoms with Gasteiger partial charge in [0.05, 0.1) is 43.2 Å². The van der Waals surface area contributed by atoms with Crippen molar-refractivity contribution < 1.29 is 23.8 Å². The molecule has 0 bridgehead atoms. The summed E-state index contributed by atoms with van der Waals surface area (Å²) >= 11 is 1.45. The zero-order valence-corrected chi connectivity index (χ0v) is 18.6. The molecule has 8 nitrogen and oxygen atoms in total. The number of carbonyl (C=O) groups is 2. The number of para-hydroxylation sites is 1. The molecule has 0 saturated carbocycles. The molecule has 9 heteroatoms. The van der Waals surface area contributed by atoms with Gasteiger partial charge in [-0.1, -0.05) is 23.5 Å². The SMILES string of the molecule is COc1cc(N2CC(C(=O)N(C)c3nc4ccccc4s3)CC2=O)cc(OC)c1OC. The van der Waals surface area contributed by atoms with Crippen LogP contribution in [0, 0.1) is 5.92 Å². The highest BCUT2D eigenvalue weighted by Crippen LogP contribution is 2.42. The van der Waals surface area contributed by atoms with Crippen LogP contribution in [0.15, 0.2) is 36.4 Å². The summed E-state index contributed by atoms with van der Waals surface area (Å²) < 4.78 is 17.1. The fourth-order valence-electron chi connectivity index (χ4n) is 3.72. The van der Waals surface area contributed by atoms with Gasteiger partial charge in [-0.25, -0.2) is 4.98 Å². The maximum absolute atomic E-state index is 13.1. The van der Waals surface area contributed by atoms with Crippen LogP contribution in [0.3, 0.4) is 0 Å². The molecule has 2 aromatic carbocycles. The van der Waals surface area contributed by atoms with Gasteiger partial charge in [0, 0.05) is 32.1 Å². The predicted molar refractivity (Wildman–Crippen MR) is 120 cm³/mol. The Kier molecular flexibility index (Phi) is 5.69. The van der Waals surface area contributed by atoms with Crippen LogP contribution in [0.2, 0.25) is 0 Å². The number of aromatic nitrogens is 1. The maximum Gasteiger partial charge on any atom is 0.233 e. The van der Waals surface area contributed by atoms with Crippen molar-refractivity contribution in [2.45, 2.75) is 6.42 Å². The summed E-state index contributed by atoms with van der Waals surface area (Å²) in [6.07, 6.45) is 0.130. The third-order valence-corrected chi connectivity index (χ3v) is 6.45. The number of ether oxygens (including phenoxy) is 3. The second-order valence-corrected chi connectivity index (χ2v) is 8.16. The van der Waals surface area contributed by atoms with Crippen LogP contribution in [0.25, 0.3) is 10.2 Å². The lowest BCUT2D eigenvalue weighted by Crippen LogP contribution is -2.34. The third kappa shape index (κ3) is 3.76. The molecular weight excluding hydrogens is 418 g/mol. The highest BCUT2D eigenvalue weighted by Gasteiger charge is 2.38. The Hall–Kier alpha value is -3.33. The lowest BCUT2D eigenvalue weighted by atomic mass is 10.1. The molecule has 0 aliphatic carbocycles. The van der Waals surface area contributed by atoms with Crippen LogP contribution in [-0.4, -0.2) is 51.7 Å². The smallest absolute Gasteiger partial charge is 0.233 e. The van der Waals surface area contributed by atoms with E-state index in [-0.39, 0.29) is 24.8 Å². The molecule has 1 unspecified atom stereocenters. The Morgan fingerprint density at radius 3 is 2.42 bits per heavy atom. The van der Waals surface area contributed by atoms with Crippen molar-refractivity contribution in [1.82, 2.24) is 4.98 Å². The van der Waals surface area contributed by atoms with Gasteiger partial charge in [0.2, 0.25) is 17.6 Å². The zero-order valence-electron chi connectivity index (χ0n) is 17.7. The van der Waals surface area contributed by atoms with E-state index in [0.717, 1.165) is 10.2 Å². The number of nitrogens with zero attached hydrogens (tertiary/aromatic N) is 3. The minimum absolute atomic E-state index is 0.130. The van der Waals surface area contributed by atoms with E-state index in [2.05, 4.69) is 4.98 Å². The van der Waals surface area contributed by atoms with Crippen molar-refractivity contribution in [3.05, 3.63) is 36.4 Å². The molecule has 2 heterocycles.